The van der Waals surface area contributed by atoms with Crippen LogP contribution < -0.4 is 9.62 Å². The Morgan fingerprint density at radius 1 is 1.06 bits per heavy atom. The zero-order valence-electron chi connectivity index (χ0n) is 18.6. The number of benzene rings is 2. The number of rotatable bonds is 11. The van der Waals surface area contributed by atoms with Crippen molar-refractivity contribution in [3.63, 3.8) is 0 Å². The van der Waals surface area contributed by atoms with Crippen LogP contribution in [-0.2, 0) is 26.2 Å². The Morgan fingerprint density at radius 2 is 1.69 bits per heavy atom. The highest BCUT2D eigenvalue weighted by atomic mass is 35.5. The lowest BCUT2D eigenvalue weighted by molar-refractivity contribution is -0.141. The van der Waals surface area contributed by atoms with E-state index in [0.29, 0.717) is 23.6 Å². The summed E-state index contributed by atoms with van der Waals surface area (Å²) in [5.74, 6) is -0.489. The van der Waals surface area contributed by atoms with E-state index in [0.717, 1.165) is 11.8 Å². The summed E-state index contributed by atoms with van der Waals surface area (Å²) in [5.41, 5.74) is 1.29. The molecule has 0 bridgehead atoms. The van der Waals surface area contributed by atoms with Gasteiger partial charge in [0, 0.05) is 31.6 Å². The minimum Gasteiger partial charge on any atom is -0.357 e. The summed E-state index contributed by atoms with van der Waals surface area (Å²) in [7, 11) is -1.97. The summed E-state index contributed by atoms with van der Waals surface area (Å²) < 4.78 is 25.8. The Balaban J connectivity index is 2.18. The van der Waals surface area contributed by atoms with Gasteiger partial charge in [0.1, 0.15) is 6.04 Å². The fourth-order valence-electron chi connectivity index (χ4n) is 3.49. The first-order valence-electron chi connectivity index (χ1n) is 10.5. The molecule has 0 saturated heterocycles. The van der Waals surface area contributed by atoms with Gasteiger partial charge in [0.2, 0.25) is 21.8 Å². The Hall–Kier alpha value is -2.58. The van der Waals surface area contributed by atoms with Crippen molar-refractivity contribution in [3.8, 4) is 0 Å². The number of nitrogens with zero attached hydrogens (tertiary/aromatic N) is 2. The van der Waals surface area contributed by atoms with E-state index in [2.05, 4.69) is 5.32 Å². The SMILES string of the molecule is CC[C@@H](C(=O)NC)N(Cc1ccccc1Cl)C(=O)CCCN(c1ccccc1)S(C)(=O)=O. The number of hydrogen-bond donors (Lipinski definition) is 1. The van der Waals surface area contributed by atoms with E-state index in [-0.39, 0.29) is 31.3 Å². The normalized spacial score (nSPS) is 12.1. The van der Waals surface area contributed by atoms with Gasteiger partial charge in [-0.15, -0.1) is 0 Å². The first kappa shape index (κ1) is 25.7. The minimum absolute atomic E-state index is 0.0940. The van der Waals surface area contributed by atoms with Gasteiger partial charge in [-0.25, -0.2) is 8.42 Å². The second-order valence-electron chi connectivity index (χ2n) is 7.43. The monoisotopic (exact) mass is 479 g/mol. The molecular weight excluding hydrogens is 450 g/mol. The van der Waals surface area contributed by atoms with Crippen LogP contribution in [0, 0.1) is 0 Å². The largest absolute Gasteiger partial charge is 0.357 e. The highest BCUT2D eigenvalue weighted by Gasteiger charge is 2.28. The van der Waals surface area contributed by atoms with E-state index in [1.807, 2.05) is 25.1 Å². The standard InChI is InChI=1S/C23H30ClN3O4S/c1-4-21(23(29)25-2)26(17-18-11-8-9-14-20(18)24)22(28)15-10-16-27(32(3,30)31)19-12-6-5-7-13-19/h5-9,11-14,21H,4,10,15-17H2,1-3H3,(H,25,29)/t21-/m0/s1. The quantitative estimate of drug-likeness (QED) is 0.534. The van der Waals surface area contributed by atoms with Crippen LogP contribution in [0.1, 0.15) is 31.7 Å². The van der Waals surface area contributed by atoms with Crippen LogP contribution in [0.5, 0.6) is 0 Å². The van der Waals surface area contributed by atoms with Gasteiger partial charge < -0.3 is 10.2 Å². The van der Waals surface area contributed by atoms with Crippen LogP contribution in [0.3, 0.4) is 0 Å². The van der Waals surface area contributed by atoms with Crippen molar-refractivity contribution >= 4 is 39.1 Å². The molecule has 0 spiro atoms. The molecular formula is C23H30ClN3O4S. The van der Waals surface area contributed by atoms with Crippen molar-refractivity contribution < 1.29 is 18.0 Å². The summed E-state index contributed by atoms with van der Waals surface area (Å²) in [6, 6.07) is 15.3. The van der Waals surface area contributed by atoms with E-state index in [9.17, 15) is 18.0 Å². The van der Waals surface area contributed by atoms with Crippen LogP contribution >= 0.6 is 11.6 Å². The molecule has 9 heteroatoms. The number of amides is 2. The van der Waals surface area contributed by atoms with E-state index in [1.165, 1.54) is 16.3 Å². The molecule has 32 heavy (non-hydrogen) atoms. The average Bonchev–Trinajstić information content (AvgIpc) is 2.77. The molecule has 2 aromatic carbocycles. The fourth-order valence-corrected chi connectivity index (χ4v) is 4.66. The molecule has 0 aromatic heterocycles. The van der Waals surface area contributed by atoms with Crippen molar-refractivity contribution in [2.24, 2.45) is 0 Å². The van der Waals surface area contributed by atoms with Crippen LogP contribution in [0.2, 0.25) is 5.02 Å². The lowest BCUT2D eigenvalue weighted by Gasteiger charge is -2.31. The molecule has 0 unspecified atom stereocenters. The number of para-hydroxylation sites is 1. The third kappa shape index (κ3) is 6.97. The predicted molar refractivity (Wildman–Crippen MR) is 128 cm³/mol. The lowest BCUT2D eigenvalue weighted by atomic mass is 10.1. The molecule has 0 saturated carbocycles. The van der Waals surface area contributed by atoms with E-state index in [4.69, 9.17) is 11.6 Å². The molecule has 0 aliphatic rings. The van der Waals surface area contributed by atoms with Crippen LogP contribution in [0.25, 0.3) is 0 Å². The molecule has 2 amide bonds. The van der Waals surface area contributed by atoms with Crippen LogP contribution in [0.4, 0.5) is 5.69 Å². The van der Waals surface area contributed by atoms with E-state index in [1.54, 1.807) is 36.4 Å². The van der Waals surface area contributed by atoms with Gasteiger partial charge in [-0.05, 0) is 36.6 Å². The number of carbonyl (C=O) groups is 2. The number of nitrogens with one attached hydrogen (secondary N) is 1. The summed E-state index contributed by atoms with van der Waals surface area (Å²) in [6.07, 6.45) is 1.99. The second kappa shape index (κ2) is 11.9. The molecule has 0 fully saturated rings. The van der Waals surface area contributed by atoms with E-state index < -0.39 is 16.1 Å². The third-order valence-corrected chi connectivity index (χ3v) is 6.69. The number of sulfonamides is 1. The number of anilines is 1. The second-order valence-corrected chi connectivity index (χ2v) is 9.74. The topological polar surface area (TPSA) is 86.8 Å². The van der Waals surface area contributed by atoms with Gasteiger partial charge in [0.05, 0.1) is 11.9 Å². The molecule has 2 aromatic rings. The molecule has 1 atom stereocenters. The van der Waals surface area contributed by atoms with Crippen LogP contribution in [-0.4, -0.2) is 51.0 Å². The highest BCUT2D eigenvalue weighted by Crippen LogP contribution is 2.21. The molecule has 174 valence electrons. The Kier molecular flexibility index (Phi) is 9.53. The van der Waals surface area contributed by atoms with Gasteiger partial charge in [-0.3, -0.25) is 13.9 Å². The molecule has 2 rings (SSSR count). The zero-order chi connectivity index (χ0) is 23.7. The smallest absolute Gasteiger partial charge is 0.242 e. The van der Waals surface area contributed by atoms with E-state index >= 15 is 0 Å². The molecule has 0 aliphatic heterocycles. The maximum absolute atomic E-state index is 13.2. The first-order valence-corrected chi connectivity index (χ1v) is 12.7. The molecule has 0 aliphatic carbocycles. The lowest BCUT2D eigenvalue weighted by Crippen LogP contribution is -2.48. The Labute approximate surface area is 195 Å². The number of likely N-dealkylation sites (N-methyl/N-ethyl adjacent to an activating group) is 1. The predicted octanol–water partition coefficient (Wildman–Crippen LogP) is 3.44. The minimum atomic E-state index is -3.50. The third-order valence-electron chi connectivity index (χ3n) is 5.13. The Bertz CT molecular complexity index is 1010. The highest BCUT2D eigenvalue weighted by molar-refractivity contribution is 7.92. The van der Waals surface area contributed by atoms with Crippen LogP contribution in [0.15, 0.2) is 54.6 Å². The molecule has 0 heterocycles. The van der Waals surface area contributed by atoms with Gasteiger partial charge >= 0.3 is 0 Å². The van der Waals surface area contributed by atoms with Crippen molar-refractivity contribution in [2.45, 2.75) is 38.8 Å². The number of halogens is 1. The number of hydrogen-bond acceptors (Lipinski definition) is 4. The fraction of sp³-hybridized carbons (Fsp3) is 0.391. The maximum Gasteiger partial charge on any atom is 0.242 e. The first-order chi connectivity index (χ1) is 15.2. The summed E-state index contributed by atoms with van der Waals surface area (Å²) in [4.78, 5) is 27.1. The van der Waals surface area contributed by atoms with Gasteiger partial charge in [-0.1, -0.05) is 54.9 Å². The van der Waals surface area contributed by atoms with Crippen molar-refractivity contribution in [1.82, 2.24) is 10.2 Å². The zero-order valence-corrected chi connectivity index (χ0v) is 20.2. The summed E-state index contributed by atoms with van der Waals surface area (Å²) in [6.45, 7) is 2.19. The average molecular weight is 480 g/mol. The molecule has 7 nitrogen and oxygen atoms in total. The Morgan fingerprint density at radius 3 is 2.25 bits per heavy atom. The van der Waals surface area contributed by atoms with Crippen molar-refractivity contribution in [2.75, 3.05) is 24.2 Å². The van der Waals surface area contributed by atoms with Gasteiger partial charge in [0.15, 0.2) is 0 Å². The van der Waals surface area contributed by atoms with Crippen molar-refractivity contribution in [1.29, 1.82) is 0 Å². The number of carbonyl (C=O) groups excluding carboxylic acids is 2. The molecule has 1 N–H and O–H groups in total. The van der Waals surface area contributed by atoms with Crippen molar-refractivity contribution in [3.05, 3.63) is 65.2 Å². The molecule has 0 radical (unpaired) electrons. The summed E-state index contributed by atoms with van der Waals surface area (Å²) in [5, 5.41) is 3.13. The summed E-state index contributed by atoms with van der Waals surface area (Å²) >= 11 is 6.29. The van der Waals surface area contributed by atoms with Gasteiger partial charge in [-0.2, -0.15) is 0 Å². The maximum atomic E-state index is 13.2. The van der Waals surface area contributed by atoms with Gasteiger partial charge in [0.25, 0.3) is 0 Å².